The van der Waals surface area contributed by atoms with Crippen LogP contribution >= 0.6 is 0 Å². The average molecular weight is 758 g/mol. The first-order chi connectivity index (χ1) is 28.6. The fourth-order valence-electron chi connectivity index (χ4n) is 12.2. The van der Waals surface area contributed by atoms with Gasteiger partial charge < -0.3 is 4.90 Å². The van der Waals surface area contributed by atoms with Gasteiger partial charge in [-0.25, -0.2) is 0 Å². The summed E-state index contributed by atoms with van der Waals surface area (Å²) in [4.78, 5) is 2.58. The van der Waals surface area contributed by atoms with Crippen LogP contribution in [0.4, 0.5) is 17.1 Å². The van der Waals surface area contributed by atoms with E-state index in [4.69, 9.17) is 0 Å². The Hall–Kier alpha value is -6.44. The largest absolute Gasteiger partial charge is 0.310 e. The molecule has 1 spiro atoms. The lowest BCUT2D eigenvalue weighted by molar-refractivity contribution is 0.563. The molecular weight excluding hydrogens is 711 g/mol. The lowest BCUT2D eigenvalue weighted by Gasteiger charge is -2.46. The molecule has 0 amide bonds. The number of fused-ring (bicyclic) bond motifs is 15. The molecule has 0 saturated heterocycles. The van der Waals surface area contributed by atoms with E-state index in [2.05, 4.69) is 222 Å². The highest BCUT2D eigenvalue weighted by Gasteiger charge is 2.53. The monoisotopic (exact) mass is 757 g/mol. The van der Waals surface area contributed by atoms with Crippen LogP contribution in [0.1, 0.15) is 97.2 Å². The van der Waals surface area contributed by atoms with Gasteiger partial charge in [0.1, 0.15) is 0 Å². The maximum Gasteiger partial charge on any atom is 0.0720 e. The summed E-state index contributed by atoms with van der Waals surface area (Å²) in [6, 6.07) is 67.3. The van der Waals surface area contributed by atoms with Crippen molar-refractivity contribution in [1.82, 2.24) is 0 Å². The molecule has 284 valence electrons. The number of nitrogens with zero attached hydrogens (tertiary/aromatic N) is 1. The van der Waals surface area contributed by atoms with Gasteiger partial charge in [0.05, 0.1) is 11.1 Å². The van der Waals surface area contributed by atoms with E-state index in [1.807, 2.05) is 0 Å². The Bertz CT molecular complexity index is 3050. The second-order valence-corrected chi connectivity index (χ2v) is 18.8. The van der Waals surface area contributed by atoms with Crippen LogP contribution in [0.15, 0.2) is 176 Å². The Labute approximate surface area is 348 Å². The van der Waals surface area contributed by atoms with Gasteiger partial charge in [0.2, 0.25) is 0 Å². The molecule has 0 heterocycles. The average Bonchev–Trinajstić information content (AvgIpc) is 3.78. The first kappa shape index (κ1) is 34.6. The predicted molar refractivity (Wildman–Crippen MR) is 246 cm³/mol. The van der Waals surface area contributed by atoms with E-state index in [1.54, 1.807) is 0 Å². The molecule has 4 aliphatic carbocycles. The minimum Gasteiger partial charge on any atom is -0.310 e. The van der Waals surface area contributed by atoms with Crippen LogP contribution in [0.25, 0.3) is 33.4 Å². The van der Waals surface area contributed by atoms with Crippen LogP contribution in [0, 0.1) is 0 Å². The SMILES string of the molecule is CC1(C)c2ccccc2-c2ccc(N(c3ccc4c(c3)C3(c5ccccc5-4)c4ccccc4C(C)(C)c4ccccc43)c3cccc4c3-c3ccccc3C4(C)C)cc21. The first-order valence-corrected chi connectivity index (χ1v) is 21.3. The van der Waals surface area contributed by atoms with Crippen molar-refractivity contribution in [3.05, 3.63) is 232 Å². The third-order valence-electron chi connectivity index (χ3n) is 14.9. The van der Waals surface area contributed by atoms with Gasteiger partial charge in [-0.3, -0.25) is 0 Å². The smallest absolute Gasteiger partial charge is 0.0720 e. The van der Waals surface area contributed by atoms with Gasteiger partial charge in [-0.15, -0.1) is 0 Å². The number of benzene rings is 8. The lowest BCUT2D eigenvalue weighted by atomic mass is 9.55. The standard InChI is InChI=1S/C58H47N/c1-55(2)44-22-11-9-20-42(44)54-50(55)28-17-29-53(54)59(36-30-32-40-38-18-7-10-21-43(38)56(3,4)51(40)34-36)37-31-33-41-39-19-8-12-23-45(39)58(52(41)35-37)48-26-15-13-24-46(48)57(5,6)47-25-14-16-27-49(47)58/h7-35H,1-6H3. The molecule has 12 rings (SSSR count). The van der Waals surface area contributed by atoms with Crippen molar-refractivity contribution in [3.8, 4) is 33.4 Å². The van der Waals surface area contributed by atoms with Crippen LogP contribution in [0.3, 0.4) is 0 Å². The minimum atomic E-state index is -0.481. The predicted octanol–water partition coefficient (Wildman–Crippen LogP) is 14.8. The van der Waals surface area contributed by atoms with Gasteiger partial charge in [-0.05, 0) is 114 Å². The molecule has 1 nitrogen and oxygen atoms in total. The molecule has 4 aliphatic rings. The Balaban J connectivity index is 1.17. The van der Waals surface area contributed by atoms with Crippen LogP contribution < -0.4 is 4.90 Å². The Morgan fingerprint density at radius 3 is 1.29 bits per heavy atom. The van der Waals surface area contributed by atoms with Gasteiger partial charge >= 0.3 is 0 Å². The van der Waals surface area contributed by atoms with E-state index >= 15 is 0 Å². The molecule has 0 saturated carbocycles. The second-order valence-electron chi connectivity index (χ2n) is 18.8. The molecule has 0 N–H and O–H groups in total. The molecule has 0 fully saturated rings. The van der Waals surface area contributed by atoms with Gasteiger partial charge in [0.25, 0.3) is 0 Å². The van der Waals surface area contributed by atoms with Gasteiger partial charge in [0, 0.05) is 33.2 Å². The molecule has 0 atom stereocenters. The topological polar surface area (TPSA) is 3.24 Å². The van der Waals surface area contributed by atoms with Crippen LogP contribution in [0.2, 0.25) is 0 Å². The first-order valence-electron chi connectivity index (χ1n) is 21.3. The van der Waals surface area contributed by atoms with E-state index in [1.165, 1.54) is 106 Å². The summed E-state index contributed by atoms with van der Waals surface area (Å²) >= 11 is 0. The summed E-state index contributed by atoms with van der Waals surface area (Å²) in [5.74, 6) is 0. The summed E-state index contributed by atoms with van der Waals surface area (Å²) in [7, 11) is 0. The normalized spacial score (nSPS) is 16.8. The Kier molecular flexibility index (Phi) is 6.80. The maximum absolute atomic E-state index is 2.58. The lowest BCUT2D eigenvalue weighted by Crippen LogP contribution is -2.40. The van der Waals surface area contributed by atoms with Crippen molar-refractivity contribution >= 4 is 17.1 Å². The van der Waals surface area contributed by atoms with Gasteiger partial charge in [-0.2, -0.15) is 0 Å². The van der Waals surface area contributed by atoms with E-state index in [0.717, 1.165) is 0 Å². The third kappa shape index (κ3) is 4.25. The van der Waals surface area contributed by atoms with Crippen molar-refractivity contribution in [3.63, 3.8) is 0 Å². The summed E-state index contributed by atoms with van der Waals surface area (Å²) in [6.45, 7) is 14.4. The van der Waals surface area contributed by atoms with Crippen molar-refractivity contribution in [2.24, 2.45) is 0 Å². The molecule has 8 aromatic carbocycles. The van der Waals surface area contributed by atoms with Crippen molar-refractivity contribution in [2.75, 3.05) is 4.90 Å². The van der Waals surface area contributed by atoms with Crippen LogP contribution in [0.5, 0.6) is 0 Å². The zero-order valence-corrected chi connectivity index (χ0v) is 34.7. The molecule has 0 aliphatic heterocycles. The molecular formula is C58H47N. The molecule has 0 unspecified atom stereocenters. The van der Waals surface area contributed by atoms with Crippen molar-refractivity contribution in [2.45, 2.75) is 63.2 Å². The highest BCUT2D eigenvalue weighted by Crippen LogP contribution is 2.63. The Morgan fingerprint density at radius 2 is 0.678 bits per heavy atom. The van der Waals surface area contributed by atoms with Crippen molar-refractivity contribution < 1.29 is 0 Å². The number of anilines is 3. The van der Waals surface area contributed by atoms with Crippen LogP contribution in [-0.4, -0.2) is 0 Å². The molecule has 59 heavy (non-hydrogen) atoms. The van der Waals surface area contributed by atoms with E-state index in [0.29, 0.717) is 0 Å². The number of hydrogen-bond donors (Lipinski definition) is 0. The summed E-state index contributed by atoms with van der Waals surface area (Å²) < 4.78 is 0. The van der Waals surface area contributed by atoms with E-state index in [9.17, 15) is 0 Å². The molecule has 0 bridgehead atoms. The Morgan fingerprint density at radius 1 is 0.288 bits per heavy atom. The highest BCUT2D eigenvalue weighted by molar-refractivity contribution is 5.97. The van der Waals surface area contributed by atoms with E-state index < -0.39 is 5.41 Å². The molecule has 1 heteroatoms. The summed E-state index contributed by atoms with van der Waals surface area (Å²) in [5, 5.41) is 0. The van der Waals surface area contributed by atoms with Crippen molar-refractivity contribution in [1.29, 1.82) is 0 Å². The van der Waals surface area contributed by atoms with Gasteiger partial charge in [-0.1, -0.05) is 187 Å². The molecule has 0 radical (unpaired) electrons. The summed E-state index contributed by atoms with van der Waals surface area (Å²) in [6.07, 6.45) is 0. The zero-order valence-electron chi connectivity index (χ0n) is 34.7. The molecule has 0 aromatic heterocycles. The summed E-state index contributed by atoms with van der Waals surface area (Å²) in [5.41, 5.74) is 24.4. The van der Waals surface area contributed by atoms with Crippen LogP contribution in [-0.2, 0) is 21.7 Å². The van der Waals surface area contributed by atoms with Gasteiger partial charge in [0.15, 0.2) is 0 Å². The minimum absolute atomic E-state index is 0.124. The number of hydrogen-bond acceptors (Lipinski definition) is 1. The third-order valence-corrected chi connectivity index (χ3v) is 14.9. The fraction of sp³-hybridized carbons (Fsp3) is 0.172. The maximum atomic E-state index is 2.58. The quantitative estimate of drug-likeness (QED) is 0.173. The second kappa shape index (κ2) is 11.6. The fourth-order valence-corrected chi connectivity index (χ4v) is 12.2. The zero-order chi connectivity index (χ0) is 40.1. The highest BCUT2D eigenvalue weighted by atomic mass is 15.1. The number of rotatable bonds is 3. The molecule has 8 aromatic rings. The van der Waals surface area contributed by atoms with E-state index in [-0.39, 0.29) is 16.2 Å².